The summed E-state index contributed by atoms with van der Waals surface area (Å²) in [6, 6.07) is 19.2. The van der Waals surface area contributed by atoms with Crippen molar-refractivity contribution in [2.24, 2.45) is 5.16 Å². The van der Waals surface area contributed by atoms with Gasteiger partial charge in [-0.15, -0.1) is 0 Å². The first-order valence-electron chi connectivity index (χ1n) is 8.57. The highest BCUT2D eigenvalue weighted by Crippen LogP contribution is 2.32. The number of oxime groups is 1. The molecule has 3 aromatic rings. The maximum Gasteiger partial charge on any atom is 0.115 e. The fourth-order valence-corrected chi connectivity index (χ4v) is 3.23. The molecule has 0 saturated heterocycles. The zero-order valence-electron chi connectivity index (χ0n) is 14.9. The molecule has 0 unspecified atom stereocenters. The Morgan fingerprint density at radius 2 is 1.77 bits per heavy atom. The highest BCUT2D eigenvalue weighted by Gasteiger charge is 2.20. The zero-order chi connectivity index (χ0) is 18.5. The van der Waals surface area contributed by atoms with Gasteiger partial charge in [-0.3, -0.25) is 4.98 Å². The molecule has 1 atom stereocenters. The lowest BCUT2D eigenvalue weighted by atomic mass is 9.83. The van der Waals surface area contributed by atoms with E-state index >= 15 is 0 Å². The molecule has 1 heterocycles. The van der Waals surface area contributed by atoms with Gasteiger partial charge < -0.3 is 10.3 Å². The van der Waals surface area contributed by atoms with Crippen LogP contribution in [0.25, 0.3) is 0 Å². The molecule has 1 aromatic heterocycles. The van der Waals surface area contributed by atoms with Crippen LogP contribution < -0.4 is 0 Å². The van der Waals surface area contributed by atoms with Gasteiger partial charge in [0.2, 0.25) is 0 Å². The predicted octanol–water partition coefficient (Wildman–Crippen LogP) is 4.80. The van der Waals surface area contributed by atoms with Gasteiger partial charge in [0, 0.05) is 29.8 Å². The highest BCUT2D eigenvalue weighted by molar-refractivity contribution is 6.00. The summed E-state index contributed by atoms with van der Waals surface area (Å²) in [6.45, 7) is 3.99. The normalized spacial score (nSPS) is 12.8. The van der Waals surface area contributed by atoms with E-state index < -0.39 is 0 Å². The summed E-state index contributed by atoms with van der Waals surface area (Å²) in [6.07, 6.45) is 2.26. The Bertz CT molecular complexity index is 917. The van der Waals surface area contributed by atoms with Gasteiger partial charge in [0.05, 0.1) is 5.71 Å². The van der Waals surface area contributed by atoms with Crippen LogP contribution in [0.15, 0.2) is 72.0 Å². The molecular weight excluding hydrogens is 324 g/mol. The number of aryl methyl sites for hydroxylation is 2. The molecule has 2 N–H and O–H groups in total. The van der Waals surface area contributed by atoms with Crippen LogP contribution in [0.2, 0.25) is 0 Å². The quantitative estimate of drug-likeness (QED) is 0.396. The number of aromatic nitrogens is 1. The second-order valence-electron chi connectivity index (χ2n) is 6.44. The number of phenolic OH excluding ortho intramolecular Hbond substituents is 1. The lowest BCUT2D eigenvalue weighted by molar-refractivity contribution is 0.317. The molecule has 0 fully saturated rings. The van der Waals surface area contributed by atoms with Crippen molar-refractivity contribution in [3.63, 3.8) is 0 Å². The Morgan fingerprint density at radius 3 is 2.42 bits per heavy atom. The molecule has 0 aliphatic carbocycles. The van der Waals surface area contributed by atoms with Crippen molar-refractivity contribution in [3.05, 3.63) is 94.8 Å². The molecule has 0 aliphatic heterocycles. The molecule has 0 saturated carbocycles. The van der Waals surface area contributed by atoms with Gasteiger partial charge in [0.15, 0.2) is 0 Å². The lowest BCUT2D eigenvalue weighted by Crippen LogP contribution is -2.12. The van der Waals surface area contributed by atoms with Gasteiger partial charge in [-0.25, -0.2) is 0 Å². The zero-order valence-corrected chi connectivity index (χ0v) is 14.9. The predicted molar refractivity (Wildman–Crippen MR) is 103 cm³/mol. The maximum atomic E-state index is 9.65. The molecule has 0 spiro atoms. The summed E-state index contributed by atoms with van der Waals surface area (Å²) >= 11 is 0. The molecule has 132 valence electrons. The van der Waals surface area contributed by atoms with E-state index in [9.17, 15) is 10.3 Å². The summed E-state index contributed by atoms with van der Waals surface area (Å²) in [5.41, 5.74) is 5.75. The number of rotatable bonds is 5. The number of hydrogen-bond acceptors (Lipinski definition) is 4. The Kier molecular flexibility index (Phi) is 5.32. The molecule has 0 radical (unpaired) electrons. The molecule has 0 amide bonds. The summed E-state index contributed by atoms with van der Waals surface area (Å²) in [7, 11) is 0. The highest BCUT2D eigenvalue weighted by atomic mass is 16.4. The van der Waals surface area contributed by atoms with E-state index in [-0.39, 0.29) is 11.7 Å². The van der Waals surface area contributed by atoms with Crippen LogP contribution in [-0.4, -0.2) is 21.0 Å². The number of aromatic hydroxyl groups is 1. The van der Waals surface area contributed by atoms with Crippen molar-refractivity contribution in [1.29, 1.82) is 0 Å². The second-order valence-corrected chi connectivity index (χ2v) is 6.44. The molecule has 0 aliphatic rings. The van der Waals surface area contributed by atoms with Crippen molar-refractivity contribution in [3.8, 4) is 5.75 Å². The molecule has 2 aromatic carbocycles. The average molecular weight is 346 g/mol. The maximum absolute atomic E-state index is 9.65. The number of nitrogens with zero attached hydrogens (tertiary/aromatic N) is 2. The van der Waals surface area contributed by atoms with E-state index in [4.69, 9.17) is 0 Å². The third-order valence-electron chi connectivity index (χ3n) is 4.61. The lowest BCUT2D eigenvalue weighted by Gasteiger charge is -2.21. The fraction of sp³-hybridized carbons (Fsp3) is 0.182. The fourth-order valence-electron chi connectivity index (χ4n) is 3.23. The minimum absolute atomic E-state index is 0.0103. The van der Waals surface area contributed by atoms with Crippen molar-refractivity contribution >= 4 is 5.71 Å². The summed E-state index contributed by atoms with van der Waals surface area (Å²) < 4.78 is 0. The molecular formula is C22H22N2O2. The smallest absolute Gasteiger partial charge is 0.115 e. The van der Waals surface area contributed by atoms with Crippen molar-refractivity contribution in [1.82, 2.24) is 4.98 Å². The topological polar surface area (TPSA) is 65.7 Å². The van der Waals surface area contributed by atoms with Gasteiger partial charge in [-0.05, 0) is 54.8 Å². The van der Waals surface area contributed by atoms with Crippen LogP contribution in [0, 0.1) is 13.8 Å². The van der Waals surface area contributed by atoms with E-state index in [1.54, 1.807) is 18.3 Å². The summed E-state index contributed by atoms with van der Waals surface area (Å²) in [5.74, 6) is 0.245. The van der Waals surface area contributed by atoms with Crippen LogP contribution in [0.1, 0.15) is 40.3 Å². The molecule has 4 nitrogen and oxygen atoms in total. The van der Waals surface area contributed by atoms with Gasteiger partial charge in [0.25, 0.3) is 0 Å². The first-order chi connectivity index (χ1) is 12.6. The summed E-state index contributed by atoms with van der Waals surface area (Å²) in [4.78, 5) is 4.21. The van der Waals surface area contributed by atoms with Crippen LogP contribution >= 0.6 is 0 Å². The first kappa shape index (κ1) is 17.7. The molecule has 3 rings (SSSR count). The second kappa shape index (κ2) is 7.83. The van der Waals surface area contributed by atoms with Crippen LogP contribution in [-0.2, 0) is 0 Å². The largest absolute Gasteiger partial charge is 0.508 e. The number of phenols is 1. The standard InChI is InChI=1S/C22H22N2O2/c1-15-5-3-4-6-20(15)21(17-7-9-19(25)10-8-17)14-22(24-26)18-11-12-23-16(2)13-18/h3-13,21,25-26H,14H2,1-2H3/t21-/m1/s1. The van der Waals surface area contributed by atoms with Gasteiger partial charge in [-0.2, -0.15) is 0 Å². The van der Waals surface area contributed by atoms with Crippen molar-refractivity contribution in [2.75, 3.05) is 0 Å². The van der Waals surface area contributed by atoms with E-state index in [2.05, 4.69) is 29.2 Å². The molecule has 0 bridgehead atoms. The van der Waals surface area contributed by atoms with Crippen LogP contribution in [0.5, 0.6) is 5.75 Å². The number of benzene rings is 2. The van der Waals surface area contributed by atoms with Crippen molar-refractivity contribution in [2.45, 2.75) is 26.2 Å². The first-order valence-corrected chi connectivity index (χ1v) is 8.57. The Balaban J connectivity index is 2.03. The molecule has 4 heteroatoms. The Labute approximate surface area is 153 Å². The third-order valence-corrected chi connectivity index (χ3v) is 4.61. The Morgan fingerprint density at radius 1 is 1.04 bits per heavy atom. The van der Waals surface area contributed by atoms with Gasteiger partial charge in [-0.1, -0.05) is 41.6 Å². The average Bonchev–Trinajstić information content (AvgIpc) is 2.65. The SMILES string of the molecule is Cc1cc(C(C[C@H](c2ccc(O)cc2)c2ccccc2C)=NO)ccn1. The van der Waals surface area contributed by atoms with Gasteiger partial charge in [0.1, 0.15) is 5.75 Å². The number of hydrogen-bond donors (Lipinski definition) is 2. The molecule has 26 heavy (non-hydrogen) atoms. The van der Waals surface area contributed by atoms with E-state index in [1.807, 2.05) is 43.3 Å². The minimum atomic E-state index is 0.0103. The number of pyridine rings is 1. The van der Waals surface area contributed by atoms with E-state index in [0.717, 1.165) is 16.8 Å². The van der Waals surface area contributed by atoms with Crippen LogP contribution in [0.4, 0.5) is 0 Å². The summed E-state index contributed by atoms with van der Waals surface area (Å²) in [5, 5.41) is 22.9. The monoisotopic (exact) mass is 346 g/mol. The van der Waals surface area contributed by atoms with E-state index in [1.165, 1.54) is 11.1 Å². The van der Waals surface area contributed by atoms with Crippen LogP contribution in [0.3, 0.4) is 0 Å². The van der Waals surface area contributed by atoms with Gasteiger partial charge >= 0.3 is 0 Å². The third kappa shape index (κ3) is 3.91. The van der Waals surface area contributed by atoms with E-state index in [0.29, 0.717) is 12.1 Å². The van der Waals surface area contributed by atoms with Crippen molar-refractivity contribution < 1.29 is 10.3 Å². The Hall–Kier alpha value is -3.14. The minimum Gasteiger partial charge on any atom is -0.508 e.